The zero-order chi connectivity index (χ0) is 13.5. The summed E-state index contributed by atoms with van der Waals surface area (Å²) in [5.74, 6) is -0.0139. The number of carbonyl (C=O) groups is 1. The first-order chi connectivity index (χ1) is 9.28. The van der Waals surface area contributed by atoms with Crippen molar-refractivity contribution in [2.75, 3.05) is 6.54 Å². The maximum absolute atomic E-state index is 11.7. The van der Waals surface area contributed by atoms with Gasteiger partial charge in [-0.05, 0) is 17.7 Å². The molecule has 0 saturated carbocycles. The summed E-state index contributed by atoms with van der Waals surface area (Å²) in [5, 5.41) is 13.5. The molecule has 2 aromatic rings. The van der Waals surface area contributed by atoms with E-state index in [-0.39, 0.29) is 5.91 Å². The second-order valence-electron chi connectivity index (χ2n) is 4.07. The Kier molecular flexibility index (Phi) is 4.65. The lowest BCUT2D eigenvalue weighted by Gasteiger charge is -2.04. The molecule has 0 atom stereocenters. The molecule has 0 aliphatic carbocycles. The highest BCUT2D eigenvalue weighted by Gasteiger charge is 2.03. The highest BCUT2D eigenvalue weighted by Crippen LogP contribution is 2.04. The molecule has 0 radical (unpaired) electrons. The first-order valence-electron chi connectivity index (χ1n) is 5.91. The number of amides is 1. The van der Waals surface area contributed by atoms with E-state index in [1.807, 2.05) is 5.38 Å². The van der Waals surface area contributed by atoms with Crippen molar-refractivity contribution in [3.8, 4) is 6.07 Å². The van der Waals surface area contributed by atoms with Gasteiger partial charge in [0.25, 0.3) is 0 Å². The lowest BCUT2D eigenvalue weighted by atomic mass is 10.1. The Morgan fingerprint density at radius 1 is 1.37 bits per heavy atom. The van der Waals surface area contributed by atoms with Crippen LogP contribution in [0.15, 0.2) is 35.2 Å². The van der Waals surface area contributed by atoms with Gasteiger partial charge in [0.05, 0.1) is 29.3 Å². The number of benzene rings is 1. The van der Waals surface area contributed by atoms with Crippen molar-refractivity contribution >= 4 is 17.2 Å². The maximum atomic E-state index is 11.7. The molecule has 0 unspecified atom stereocenters. The van der Waals surface area contributed by atoms with E-state index in [2.05, 4.69) is 16.4 Å². The Hall–Kier alpha value is -2.19. The van der Waals surface area contributed by atoms with Gasteiger partial charge >= 0.3 is 0 Å². The summed E-state index contributed by atoms with van der Waals surface area (Å²) in [6.45, 7) is 0.596. The fourth-order valence-electron chi connectivity index (χ4n) is 1.64. The van der Waals surface area contributed by atoms with E-state index in [0.717, 1.165) is 17.7 Å². The van der Waals surface area contributed by atoms with Gasteiger partial charge in [0.15, 0.2) is 0 Å². The number of hydrogen-bond donors (Lipinski definition) is 1. The Bertz CT molecular complexity index is 570. The van der Waals surface area contributed by atoms with Crippen LogP contribution in [0, 0.1) is 11.3 Å². The van der Waals surface area contributed by atoms with Gasteiger partial charge in [-0.15, -0.1) is 11.3 Å². The molecular weight excluding hydrogens is 258 g/mol. The molecule has 0 bridgehead atoms. The van der Waals surface area contributed by atoms with Gasteiger partial charge in [-0.1, -0.05) is 12.1 Å². The molecule has 1 heterocycles. The van der Waals surface area contributed by atoms with E-state index in [4.69, 9.17) is 5.26 Å². The molecule has 1 amide bonds. The lowest BCUT2D eigenvalue weighted by Crippen LogP contribution is -2.27. The predicted octanol–water partition coefficient (Wildman–Crippen LogP) is 1.92. The first-order valence-corrected chi connectivity index (χ1v) is 6.85. The topological polar surface area (TPSA) is 65.8 Å². The molecule has 0 fully saturated rings. The maximum Gasteiger partial charge on any atom is 0.224 e. The molecule has 2 rings (SSSR count). The van der Waals surface area contributed by atoms with Crippen LogP contribution < -0.4 is 5.32 Å². The van der Waals surface area contributed by atoms with Gasteiger partial charge < -0.3 is 5.32 Å². The second kappa shape index (κ2) is 6.66. The third-order valence-corrected chi connectivity index (χ3v) is 3.27. The normalized spacial score (nSPS) is 9.84. The van der Waals surface area contributed by atoms with E-state index in [1.54, 1.807) is 41.1 Å². The van der Waals surface area contributed by atoms with E-state index in [9.17, 15) is 4.79 Å². The third-order valence-electron chi connectivity index (χ3n) is 2.63. The van der Waals surface area contributed by atoms with E-state index in [1.165, 1.54) is 0 Å². The van der Waals surface area contributed by atoms with Crippen molar-refractivity contribution in [1.29, 1.82) is 5.26 Å². The van der Waals surface area contributed by atoms with E-state index < -0.39 is 0 Å². The molecule has 1 aromatic heterocycles. The van der Waals surface area contributed by atoms with Crippen LogP contribution in [0.5, 0.6) is 0 Å². The number of nitrogens with one attached hydrogen (secondary N) is 1. The summed E-state index contributed by atoms with van der Waals surface area (Å²) in [6.07, 6.45) is 1.09. The summed E-state index contributed by atoms with van der Waals surface area (Å²) in [4.78, 5) is 15.9. The van der Waals surface area contributed by atoms with Crippen molar-refractivity contribution in [3.63, 3.8) is 0 Å². The zero-order valence-electron chi connectivity index (χ0n) is 10.3. The van der Waals surface area contributed by atoms with Crippen LogP contribution in [0.2, 0.25) is 0 Å². The predicted molar refractivity (Wildman–Crippen MR) is 73.7 cm³/mol. The standard InChI is InChI=1S/C14H13N3OS/c15-8-12-3-1-11(2-4-12)7-14(18)16-6-5-13-9-19-10-17-13/h1-4,9-10H,5-7H2,(H,16,18). The minimum atomic E-state index is -0.0139. The largest absolute Gasteiger partial charge is 0.355 e. The Balaban J connectivity index is 1.76. The quantitative estimate of drug-likeness (QED) is 0.903. The van der Waals surface area contributed by atoms with Crippen molar-refractivity contribution in [2.24, 2.45) is 0 Å². The highest BCUT2D eigenvalue weighted by atomic mass is 32.1. The van der Waals surface area contributed by atoms with Crippen LogP contribution in [0.25, 0.3) is 0 Å². The van der Waals surface area contributed by atoms with Crippen molar-refractivity contribution < 1.29 is 4.79 Å². The first kappa shape index (κ1) is 13.2. The number of nitrogens with zero attached hydrogens (tertiary/aromatic N) is 2. The number of thiazole rings is 1. The lowest BCUT2D eigenvalue weighted by molar-refractivity contribution is -0.120. The van der Waals surface area contributed by atoms with Crippen LogP contribution in [0.3, 0.4) is 0 Å². The summed E-state index contributed by atoms with van der Waals surface area (Å²) in [7, 11) is 0. The minimum absolute atomic E-state index is 0.0139. The summed E-state index contributed by atoms with van der Waals surface area (Å²) in [6, 6.07) is 9.10. The number of carbonyl (C=O) groups excluding carboxylic acids is 1. The minimum Gasteiger partial charge on any atom is -0.355 e. The Labute approximate surface area is 115 Å². The molecule has 19 heavy (non-hydrogen) atoms. The average molecular weight is 271 g/mol. The summed E-state index contributed by atoms with van der Waals surface area (Å²) in [5.41, 5.74) is 4.30. The summed E-state index contributed by atoms with van der Waals surface area (Å²) >= 11 is 1.55. The molecule has 1 aromatic carbocycles. The SMILES string of the molecule is N#Cc1ccc(CC(=O)NCCc2cscn2)cc1. The molecule has 4 nitrogen and oxygen atoms in total. The highest BCUT2D eigenvalue weighted by molar-refractivity contribution is 7.07. The van der Waals surface area contributed by atoms with Crippen LogP contribution in [0.4, 0.5) is 0 Å². The number of hydrogen-bond acceptors (Lipinski definition) is 4. The van der Waals surface area contributed by atoms with Crippen molar-refractivity contribution in [1.82, 2.24) is 10.3 Å². The van der Waals surface area contributed by atoms with Gasteiger partial charge in [0, 0.05) is 18.3 Å². The second-order valence-corrected chi connectivity index (χ2v) is 4.78. The fraction of sp³-hybridized carbons (Fsp3) is 0.214. The van der Waals surface area contributed by atoms with Gasteiger partial charge in [-0.3, -0.25) is 4.79 Å². The van der Waals surface area contributed by atoms with Gasteiger partial charge in [0.1, 0.15) is 0 Å². The monoisotopic (exact) mass is 271 g/mol. The van der Waals surface area contributed by atoms with Crippen LogP contribution in [-0.2, 0) is 17.6 Å². The van der Waals surface area contributed by atoms with Crippen LogP contribution in [0.1, 0.15) is 16.8 Å². The zero-order valence-corrected chi connectivity index (χ0v) is 11.1. The molecular formula is C14H13N3OS. The number of rotatable bonds is 5. The van der Waals surface area contributed by atoms with Crippen LogP contribution >= 0.6 is 11.3 Å². The fourth-order valence-corrected chi connectivity index (χ4v) is 2.23. The Morgan fingerprint density at radius 3 is 2.79 bits per heavy atom. The van der Waals surface area contributed by atoms with E-state index in [0.29, 0.717) is 18.5 Å². The Morgan fingerprint density at radius 2 is 2.16 bits per heavy atom. The van der Waals surface area contributed by atoms with Crippen molar-refractivity contribution in [2.45, 2.75) is 12.8 Å². The summed E-state index contributed by atoms with van der Waals surface area (Å²) < 4.78 is 0. The molecule has 0 aliphatic heterocycles. The molecule has 96 valence electrons. The molecule has 1 N–H and O–H groups in total. The van der Waals surface area contributed by atoms with Crippen molar-refractivity contribution in [3.05, 3.63) is 52.0 Å². The van der Waals surface area contributed by atoms with Gasteiger partial charge in [-0.25, -0.2) is 4.98 Å². The smallest absolute Gasteiger partial charge is 0.224 e. The number of aromatic nitrogens is 1. The van der Waals surface area contributed by atoms with E-state index >= 15 is 0 Å². The number of nitriles is 1. The van der Waals surface area contributed by atoms with Crippen LogP contribution in [-0.4, -0.2) is 17.4 Å². The molecule has 0 aliphatic rings. The third kappa shape index (κ3) is 4.19. The molecule has 0 spiro atoms. The van der Waals surface area contributed by atoms with Gasteiger partial charge in [-0.2, -0.15) is 5.26 Å². The average Bonchev–Trinajstić information content (AvgIpc) is 2.93. The molecule has 5 heteroatoms. The van der Waals surface area contributed by atoms with Gasteiger partial charge in [0.2, 0.25) is 5.91 Å². The molecule has 0 saturated heterocycles.